The number of hydrogen-bond acceptors (Lipinski definition) is 6. The van der Waals surface area contributed by atoms with Crippen molar-refractivity contribution < 1.29 is 23.5 Å². The molecule has 0 bridgehead atoms. The van der Waals surface area contributed by atoms with Crippen molar-refractivity contribution in [3.63, 3.8) is 0 Å². The van der Waals surface area contributed by atoms with Gasteiger partial charge in [-0.05, 0) is 55.5 Å². The van der Waals surface area contributed by atoms with Crippen LogP contribution in [0.2, 0.25) is 0 Å². The minimum Gasteiger partial charge on any atom is -0.371 e. The highest BCUT2D eigenvalue weighted by atomic mass is 19.1. The third-order valence-corrected chi connectivity index (χ3v) is 8.44. The minimum atomic E-state index is -1.29. The van der Waals surface area contributed by atoms with Gasteiger partial charge in [0.15, 0.2) is 5.78 Å². The molecule has 1 aliphatic heterocycles. The standard InChI is InChI=1S/C33H34FN5O4/c1-21(40)27-18-38(29-11-10-23(14-26(27)29)24-12-13-35-36-16-24)19-32(41)39-17-25(34)15-30(39)33(42)37-28-8-5-9-31(28)43-20-22-6-3-2-4-7-22/h2-4,6-7,10-14,16,18,25,28,30-31H,5,8-9,15,17,19-20H2,1H3,(H,37,42)/t25-,28+,30?,31+/m1/s1. The van der Waals surface area contributed by atoms with Crippen LogP contribution in [-0.2, 0) is 27.5 Å². The number of carbonyl (C=O) groups excluding carboxylic acids is 3. The van der Waals surface area contributed by atoms with Gasteiger partial charge in [0.2, 0.25) is 11.8 Å². The number of fused-ring (bicyclic) bond motifs is 1. The summed E-state index contributed by atoms with van der Waals surface area (Å²) in [6.45, 7) is 1.67. The number of likely N-dealkylation sites (tertiary alicyclic amines) is 1. The van der Waals surface area contributed by atoms with E-state index in [2.05, 4.69) is 15.5 Å². The number of carbonyl (C=O) groups is 3. The number of ketones is 1. The predicted octanol–water partition coefficient (Wildman–Crippen LogP) is 4.49. The summed E-state index contributed by atoms with van der Waals surface area (Å²) >= 11 is 0. The van der Waals surface area contributed by atoms with Crippen LogP contribution < -0.4 is 5.32 Å². The molecule has 1 N–H and O–H groups in total. The number of Topliss-reactive ketones (excluding diaryl/α,β-unsaturated/α-hetero) is 1. The fourth-order valence-corrected chi connectivity index (χ4v) is 6.24. The molecule has 1 saturated heterocycles. The average molecular weight is 584 g/mol. The molecule has 0 radical (unpaired) electrons. The lowest BCUT2D eigenvalue weighted by molar-refractivity contribution is -0.139. The van der Waals surface area contributed by atoms with Gasteiger partial charge in [0.25, 0.3) is 0 Å². The summed E-state index contributed by atoms with van der Waals surface area (Å²) in [6.07, 6.45) is 5.94. The number of rotatable bonds is 9. The van der Waals surface area contributed by atoms with E-state index in [0.29, 0.717) is 23.1 Å². The van der Waals surface area contributed by atoms with Crippen molar-refractivity contribution in [3.8, 4) is 11.1 Å². The van der Waals surface area contributed by atoms with Gasteiger partial charge in [0, 0.05) is 34.6 Å². The van der Waals surface area contributed by atoms with Crippen molar-refractivity contribution in [3.05, 3.63) is 84.3 Å². The fraction of sp³-hybridized carbons (Fsp3) is 0.364. The first kappa shape index (κ1) is 28.7. The molecule has 1 unspecified atom stereocenters. The van der Waals surface area contributed by atoms with Gasteiger partial charge in [-0.2, -0.15) is 10.2 Å². The highest BCUT2D eigenvalue weighted by Crippen LogP contribution is 2.30. The Morgan fingerprint density at radius 1 is 1.05 bits per heavy atom. The fourth-order valence-electron chi connectivity index (χ4n) is 6.24. The number of amides is 2. The molecule has 2 aliphatic rings. The highest BCUT2D eigenvalue weighted by molar-refractivity contribution is 6.08. The number of halogens is 1. The Hall–Kier alpha value is -4.44. The molecule has 43 heavy (non-hydrogen) atoms. The first-order chi connectivity index (χ1) is 20.9. The van der Waals surface area contributed by atoms with Crippen LogP contribution in [0.1, 0.15) is 48.5 Å². The molecule has 1 saturated carbocycles. The molecule has 4 atom stereocenters. The normalized spacial score (nSPS) is 21.8. The Balaban J connectivity index is 1.16. The third kappa shape index (κ3) is 6.19. The van der Waals surface area contributed by atoms with Crippen molar-refractivity contribution in [2.24, 2.45) is 0 Å². The molecular formula is C33H34FN5O4. The van der Waals surface area contributed by atoms with Gasteiger partial charge in [-0.25, -0.2) is 4.39 Å². The second kappa shape index (κ2) is 12.4. The van der Waals surface area contributed by atoms with Gasteiger partial charge in [0.05, 0.1) is 37.7 Å². The van der Waals surface area contributed by atoms with Crippen LogP contribution in [0.5, 0.6) is 0 Å². The molecule has 6 rings (SSSR count). The van der Waals surface area contributed by atoms with Crippen molar-refractivity contribution in [1.29, 1.82) is 0 Å². The maximum Gasteiger partial charge on any atom is 0.243 e. The van der Waals surface area contributed by atoms with E-state index in [-0.39, 0.29) is 49.3 Å². The van der Waals surface area contributed by atoms with Gasteiger partial charge >= 0.3 is 0 Å². The summed E-state index contributed by atoms with van der Waals surface area (Å²) in [5.41, 5.74) is 3.95. The second-order valence-electron chi connectivity index (χ2n) is 11.4. The number of alkyl halides is 1. The number of hydrogen-bond donors (Lipinski definition) is 1. The molecule has 4 aromatic rings. The quantitative estimate of drug-likeness (QED) is 0.291. The maximum atomic E-state index is 14.7. The van der Waals surface area contributed by atoms with E-state index in [9.17, 15) is 18.8 Å². The molecule has 2 aromatic heterocycles. The summed E-state index contributed by atoms with van der Waals surface area (Å²) in [5.74, 6) is -0.867. The van der Waals surface area contributed by atoms with Crippen LogP contribution in [0.25, 0.3) is 22.0 Å². The zero-order chi connectivity index (χ0) is 29.9. The average Bonchev–Trinajstić information content (AvgIpc) is 3.74. The Morgan fingerprint density at radius 3 is 2.65 bits per heavy atom. The summed E-state index contributed by atoms with van der Waals surface area (Å²) in [6, 6.07) is 16.2. The van der Waals surface area contributed by atoms with Gasteiger partial charge in [-0.1, -0.05) is 36.4 Å². The first-order valence-electron chi connectivity index (χ1n) is 14.7. The molecule has 10 heteroatoms. The largest absolute Gasteiger partial charge is 0.371 e. The van der Waals surface area contributed by atoms with E-state index in [4.69, 9.17) is 4.74 Å². The van der Waals surface area contributed by atoms with Crippen LogP contribution in [-0.4, -0.2) is 68.2 Å². The predicted molar refractivity (Wildman–Crippen MR) is 159 cm³/mol. The van der Waals surface area contributed by atoms with Crippen LogP contribution >= 0.6 is 0 Å². The van der Waals surface area contributed by atoms with Crippen molar-refractivity contribution in [2.45, 2.75) is 70.1 Å². The molecule has 2 amide bonds. The Morgan fingerprint density at radius 2 is 1.88 bits per heavy atom. The number of nitrogens with one attached hydrogen (secondary N) is 1. The monoisotopic (exact) mass is 583 g/mol. The number of ether oxygens (including phenoxy) is 1. The molecule has 0 spiro atoms. The van der Waals surface area contributed by atoms with E-state index in [1.165, 1.54) is 11.8 Å². The Labute approximate surface area is 249 Å². The summed E-state index contributed by atoms with van der Waals surface area (Å²) < 4.78 is 22.5. The summed E-state index contributed by atoms with van der Waals surface area (Å²) in [7, 11) is 0. The summed E-state index contributed by atoms with van der Waals surface area (Å²) in [5, 5.41) is 11.5. The SMILES string of the molecule is CC(=O)c1cn(CC(=O)N2C[C@H](F)CC2C(=O)N[C@H]2CCC[C@@H]2OCc2ccccc2)c2ccc(-c3ccnnc3)cc12. The molecular weight excluding hydrogens is 549 g/mol. The zero-order valence-corrected chi connectivity index (χ0v) is 24.0. The highest BCUT2D eigenvalue weighted by Gasteiger charge is 2.41. The number of benzene rings is 2. The first-order valence-corrected chi connectivity index (χ1v) is 14.7. The van der Waals surface area contributed by atoms with E-state index in [1.54, 1.807) is 23.2 Å². The van der Waals surface area contributed by atoms with Crippen molar-refractivity contribution >= 4 is 28.5 Å². The molecule has 2 aromatic carbocycles. The van der Waals surface area contributed by atoms with Crippen LogP contribution in [0, 0.1) is 0 Å². The van der Waals surface area contributed by atoms with E-state index < -0.39 is 12.2 Å². The van der Waals surface area contributed by atoms with Gasteiger partial charge in [-0.3, -0.25) is 14.4 Å². The third-order valence-electron chi connectivity index (χ3n) is 8.44. The molecule has 2 fully saturated rings. The van der Waals surface area contributed by atoms with E-state index in [1.807, 2.05) is 54.6 Å². The summed E-state index contributed by atoms with van der Waals surface area (Å²) in [4.78, 5) is 40.9. The lowest BCUT2D eigenvalue weighted by Gasteiger charge is -2.27. The van der Waals surface area contributed by atoms with Crippen LogP contribution in [0.15, 0.2) is 73.2 Å². The second-order valence-corrected chi connectivity index (χ2v) is 11.4. The smallest absolute Gasteiger partial charge is 0.243 e. The van der Waals surface area contributed by atoms with E-state index in [0.717, 1.165) is 36.0 Å². The Bertz CT molecular complexity index is 1630. The topological polar surface area (TPSA) is 106 Å². The van der Waals surface area contributed by atoms with Gasteiger partial charge < -0.3 is 19.5 Å². The molecule has 1 aliphatic carbocycles. The molecule has 9 nitrogen and oxygen atoms in total. The maximum absolute atomic E-state index is 14.7. The van der Waals surface area contributed by atoms with Crippen molar-refractivity contribution in [2.75, 3.05) is 6.54 Å². The minimum absolute atomic E-state index is 0.0473. The van der Waals surface area contributed by atoms with E-state index >= 15 is 0 Å². The lowest BCUT2D eigenvalue weighted by atomic mass is 10.0. The van der Waals surface area contributed by atoms with Gasteiger partial charge in [-0.15, -0.1) is 0 Å². The number of nitrogens with zero attached hydrogens (tertiary/aromatic N) is 4. The zero-order valence-electron chi connectivity index (χ0n) is 24.0. The Kier molecular flexibility index (Phi) is 8.29. The molecule has 222 valence electrons. The van der Waals surface area contributed by atoms with Gasteiger partial charge in [0.1, 0.15) is 18.8 Å². The van der Waals surface area contributed by atoms with Crippen LogP contribution in [0.4, 0.5) is 4.39 Å². The molecule has 3 heterocycles. The van der Waals surface area contributed by atoms with Crippen molar-refractivity contribution in [1.82, 2.24) is 25.0 Å². The van der Waals surface area contributed by atoms with Crippen LogP contribution in [0.3, 0.4) is 0 Å². The number of aromatic nitrogens is 3. The lowest BCUT2D eigenvalue weighted by Crippen LogP contribution is -2.51.